The minimum absolute atomic E-state index is 1.31. The van der Waals surface area contributed by atoms with Crippen molar-refractivity contribution in [3.63, 3.8) is 0 Å². The van der Waals surface area contributed by atoms with Crippen LogP contribution in [0.25, 0.3) is 0 Å². The summed E-state index contributed by atoms with van der Waals surface area (Å²) in [6.45, 7) is 4.58. The summed E-state index contributed by atoms with van der Waals surface area (Å²) in [5.74, 6) is 0. The van der Waals surface area contributed by atoms with Crippen LogP contribution in [0.15, 0.2) is 24.3 Å². The van der Waals surface area contributed by atoms with Crippen molar-refractivity contribution in [2.45, 2.75) is 194 Å². The second kappa shape index (κ2) is 32.5. The van der Waals surface area contributed by atoms with Crippen molar-refractivity contribution in [2.75, 3.05) is 0 Å². The Labute approximate surface area is 217 Å². The number of hydrogen-bond donors (Lipinski definition) is 0. The number of unbranched alkanes of at least 4 members (excludes halogenated alkanes) is 25. The van der Waals surface area contributed by atoms with Crippen LogP contribution in [0.1, 0.15) is 194 Å². The summed E-state index contributed by atoms with van der Waals surface area (Å²) >= 11 is 0. The Morgan fingerprint density at radius 1 is 0.235 bits per heavy atom. The van der Waals surface area contributed by atoms with Gasteiger partial charge in [-0.1, -0.05) is 167 Å². The van der Waals surface area contributed by atoms with Crippen molar-refractivity contribution in [1.82, 2.24) is 0 Å². The summed E-state index contributed by atoms with van der Waals surface area (Å²) in [5, 5.41) is 0. The molecule has 0 bridgehead atoms. The van der Waals surface area contributed by atoms with E-state index < -0.39 is 0 Å². The molecule has 0 rings (SSSR count). The molecular formula is C34H66. The maximum Gasteiger partial charge on any atom is -0.0351 e. The summed E-state index contributed by atoms with van der Waals surface area (Å²) in [4.78, 5) is 0. The van der Waals surface area contributed by atoms with E-state index in [9.17, 15) is 0 Å². The maximum absolute atomic E-state index is 2.44. The SMILES string of the molecule is CCCCCCCC=CCCCCCCCCCCCCCCCCC=CCCCCCCC. The first kappa shape index (κ1) is 33.5. The number of rotatable bonds is 29. The monoisotopic (exact) mass is 475 g/mol. The molecule has 0 nitrogen and oxygen atoms in total. The summed E-state index contributed by atoms with van der Waals surface area (Å²) in [6, 6.07) is 0. The van der Waals surface area contributed by atoms with E-state index in [0.29, 0.717) is 0 Å². The molecule has 0 N–H and O–H groups in total. The van der Waals surface area contributed by atoms with Gasteiger partial charge in [0.05, 0.1) is 0 Å². The smallest absolute Gasteiger partial charge is 0.0351 e. The van der Waals surface area contributed by atoms with Crippen molar-refractivity contribution in [3.8, 4) is 0 Å². The molecule has 0 amide bonds. The molecule has 0 aliphatic heterocycles. The van der Waals surface area contributed by atoms with Crippen LogP contribution < -0.4 is 0 Å². The van der Waals surface area contributed by atoms with Crippen LogP contribution in [0.5, 0.6) is 0 Å². The van der Waals surface area contributed by atoms with Gasteiger partial charge in [-0.3, -0.25) is 0 Å². The van der Waals surface area contributed by atoms with Crippen LogP contribution in [0.3, 0.4) is 0 Å². The summed E-state index contributed by atoms with van der Waals surface area (Å²) in [6.07, 6.45) is 49.4. The molecule has 0 heteroatoms. The van der Waals surface area contributed by atoms with E-state index in [0.717, 1.165) is 0 Å². The Morgan fingerprint density at radius 3 is 0.618 bits per heavy atom. The quantitative estimate of drug-likeness (QED) is 0.0746. The average molecular weight is 475 g/mol. The zero-order valence-electron chi connectivity index (χ0n) is 24.1. The molecule has 0 fully saturated rings. The van der Waals surface area contributed by atoms with Gasteiger partial charge < -0.3 is 0 Å². The summed E-state index contributed by atoms with van der Waals surface area (Å²) in [5.41, 5.74) is 0. The first-order chi connectivity index (χ1) is 16.9. The minimum Gasteiger partial charge on any atom is -0.0885 e. The van der Waals surface area contributed by atoms with Gasteiger partial charge in [-0.15, -0.1) is 0 Å². The molecular weight excluding hydrogens is 408 g/mol. The van der Waals surface area contributed by atoms with Gasteiger partial charge in [0.1, 0.15) is 0 Å². The second-order valence-electron chi connectivity index (χ2n) is 10.9. The zero-order valence-corrected chi connectivity index (χ0v) is 24.1. The highest BCUT2D eigenvalue weighted by molar-refractivity contribution is 4.82. The van der Waals surface area contributed by atoms with Gasteiger partial charge >= 0.3 is 0 Å². The van der Waals surface area contributed by atoms with E-state index >= 15 is 0 Å². The number of allylic oxidation sites excluding steroid dienone is 4. The van der Waals surface area contributed by atoms with Gasteiger partial charge in [0.15, 0.2) is 0 Å². The molecule has 0 unspecified atom stereocenters. The van der Waals surface area contributed by atoms with Crippen LogP contribution >= 0.6 is 0 Å². The second-order valence-corrected chi connectivity index (χ2v) is 10.9. The Morgan fingerprint density at radius 2 is 0.412 bits per heavy atom. The van der Waals surface area contributed by atoms with Gasteiger partial charge in [0.2, 0.25) is 0 Å². The molecule has 0 aliphatic carbocycles. The van der Waals surface area contributed by atoms with Crippen LogP contribution in [0.4, 0.5) is 0 Å². The minimum atomic E-state index is 1.31. The topological polar surface area (TPSA) is 0 Å². The van der Waals surface area contributed by atoms with E-state index in [2.05, 4.69) is 38.2 Å². The Hall–Kier alpha value is -0.520. The van der Waals surface area contributed by atoms with E-state index in [1.807, 2.05) is 0 Å². The lowest BCUT2D eigenvalue weighted by molar-refractivity contribution is 0.534. The first-order valence-electron chi connectivity index (χ1n) is 16.2. The molecule has 0 atom stereocenters. The molecule has 0 spiro atoms. The first-order valence-corrected chi connectivity index (χ1v) is 16.2. The van der Waals surface area contributed by atoms with Crippen molar-refractivity contribution >= 4 is 0 Å². The molecule has 0 radical (unpaired) electrons. The fraction of sp³-hybridized carbons (Fsp3) is 0.882. The highest BCUT2D eigenvalue weighted by Crippen LogP contribution is 2.14. The lowest BCUT2D eigenvalue weighted by atomic mass is 10.0. The molecule has 0 saturated heterocycles. The Kier molecular flexibility index (Phi) is 32.0. The molecule has 0 heterocycles. The third-order valence-corrected chi connectivity index (χ3v) is 7.27. The van der Waals surface area contributed by atoms with Crippen molar-refractivity contribution < 1.29 is 0 Å². The number of hydrogen-bond acceptors (Lipinski definition) is 0. The summed E-state index contributed by atoms with van der Waals surface area (Å²) < 4.78 is 0. The highest BCUT2D eigenvalue weighted by Gasteiger charge is 1.94. The van der Waals surface area contributed by atoms with Gasteiger partial charge in [-0.05, 0) is 51.4 Å². The molecule has 34 heavy (non-hydrogen) atoms. The lowest BCUT2D eigenvalue weighted by Gasteiger charge is -2.03. The molecule has 0 aliphatic rings. The third-order valence-electron chi connectivity index (χ3n) is 7.27. The van der Waals surface area contributed by atoms with Crippen LogP contribution in [0, 0.1) is 0 Å². The third kappa shape index (κ3) is 31.5. The van der Waals surface area contributed by atoms with Crippen molar-refractivity contribution in [2.24, 2.45) is 0 Å². The zero-order chi connectivity index (χ0) is 24.6. The predicted molar refractivity (Wildman–Crippen MR) is 159 cm³/mol. The predicted octanol–water partition coefficient (Wildman–Crippen LogP) is 13.1. The fourth-order valence-electron chi connectivity index (χ4n) is 4.85. The molecule has 0 aromatic heterocycles. The Bertz CT molecular complexity index is 353. The lowest BCUT2D eigenvalue weighted by Crippen LogP contribution is -1.83. The largest absolute Gasteiger partial charge is 0.0885 e. The van der Waals surface area contributed by atoms with Crippen molar-refractivity contribution in [1.29, 1.82) is 0 Å². The van der Waals surface area contributed by atoms with Gasteiger partial charge in [-0.2, -0.15) is 0 Å². The van der Waals surface area contributed by atoms with E-state index in [1.54, 1.807) is 0 Å². The van der Waals surface area contributed by atoms with Crippen LogP contribution in [0.2, 0.25) is 0 Å². The van der Waals surface area contributed by atoms with E-state index in [4.69, 9.17) is 0 Å². The molecule has 0 aromatic carbocycles. The fourth-order valence-corrected chi connectivity index (χ4v) is 4.85. The average Bonchev–Trinajstić information content (AvgIpc) is 2.85. The maximum atomic E-state index is 2.44. The van der Waals surface area contributed by atoms with Crippen molar-refractivity contribution in [3.05, 3.63) is 24.3 Å². The Balaban J connectivity index is 3.09. The van der Waals surface area contributed by atoms with Gasteiger partial charge in [0, 0.05) is 0 Å². The normalized spacial score (nSPS) is 11.9. The molecule has 0 saturated carbocycles. The highest BCUT2D eigenvalue weighted by atomic mass is 14.0. The van der Waals surface area contributed by atoms with E-state index in [1.165, 1.54) is 180 Å². The van der Waals surface area contributed by atoms with Crippen LogP contribution in [-0.4, -0.2) is 0 Å². The standard InChI is InChI=1S/C34H66/c1-3-5-7-9-11-13-15-17-19-21-23-25-27-29-31-33-34-32-30-28-26-24-22-20-18-16-14-12-10-8-6-4-2/h15-18H,3-14,19-34H2,1-2H3. The van der Waals surface area contributed by atoms with E-state index in [-0.39, 0.29) is 0 Å². The molecule has 202 valence electrons. The summed E-state index contributed by atoms with van der Waals surface area (Å²) in [7, 11) is 0. The molecule has 0 aromatic rings. The van der Waals surface area contributed by atoms with Gasteiger partial charge in [-0.25, -0.2) is 0 Å². The van der Waals surface area contributed by atoms with Gasteiger partial charge in [0.25, 0.3) is 0 Å². The van der Waals surface area contributed by atoms with Crippen LogP contribution in [-0.2, 0) is 0 Å².